The van der Waals surface area contributed by atoms with Crippen molar-refractivity contribution in [3.8, 4) is 0 Å². The lowest BCUT2D eigenvalue weighted by molar-refractivity contribution is -0.116. The fraction of sp³-hybridized carbons (Fsp3) is 0.500. The first-order chi connectivity index (χ1) is 8.78. The van der Waals surface area contributed by atoms with Gasteiger partial charge in [0.1, 0.15) is 5.82 Å². The van der Waals surface area contributed by atoms with Gasteiger partial charge in [-0.25, -0.2) is 4.39 Å². The van der Waals surface area contributed by atoms with Gasteiger partial charge in [0.25, 0.3) is 0 Å². The van der Waals surface area contributed by atoms with E-state index in [0.717, 1.165) is 0 Å². The first-order valence-corrected chi connectivity index (χ1v) is 6.27. The van der Waals surface area contributed by atoms with E-state index in [0.29, 0.717) is 18.7 Å². The summed E-state index contributed by atoms with van der Waals surface area (Å²) in [4.78, 5) is 11.6. The Morgan fingerprint density at radius 1 is 1.42 bits per heavy atom. The predicted molar refractivity (Wildman–Crippen MR) is 74.4 cm³/mol. The summed E-state index contributed by atoms with van der Waals surface area (Å²) in [5.41, 5.74) is 5.85. The van der Waals surface area contributed by atoms with Crippen LogP contribution in [0.5, 0.6) is 0 Å². The maximum Gasteiger partial charge on any atom is 0.224 e. The lowest BCUT2D eigenvalue weighted by Crippen LogP contribution is -2.21. The van der Waals surface area contributed by atoms with Gasteiger partial charge in [-0.3, -0.25) is 4.79 Å². The highest BCUT2D eigenvalue weighted by atomic mass is 19.1. The molecule has 1 amide bonds. The Morgan fingerprint density at radius 2 is 2.11 bits per heavy atom. The van der Waals surface area contributed by atoms with E-state index in [-0.39, 0.29) is 23.6 Å². The summed E-state index contributed by atoms with van der Waals surface area (Å²) in [6.45, 7) is 6.36. The van der Waals surface area contributed by atoms with Crippen molar-refractivity contribution in [3.05, 3.63) is 24.0 Å². The molecule has 0 saturated carbocycles. The second kappa shape index (κ2) is 6.52. The van der Waals surface area contributed by atoms with Gasteiger partial charge in [0.2, 0.25) is 5.91 Å². The average Bonchev–Trinajstić information content (AvgIpc) is 2.28. The van der Waals surface area contributed by atoms with E-state index in [1.807, 2.05) is 20.8 Å². The van der Waals surface area contributed by atoms with E-state index in [4.69, 9.17) is 10.5 Å². The summed E-state index contributed by atoms with van der Waals surface area (Å²) in [5.74, 6) is -0.740. The van der Waals surface area contributed by atoms with Crippen molar-refractivity contribution in [2.75, 3.05) is 17.7 Å². The van der Waals surface area contributed by atoms with Crippen LogP contribution in [0.3, 0.4) is 0 Å². The van der Waals surface area contributed by atoms with E-state index in [1.165, 1.54) is 18.2 Å². The zero-order valence-corrected chi connectivity index (χ0v) is 11.6. The number of nitrogens with two attached hydrogens (primary N) is 1. The molecular formula is C14H21FN2O2. The number of carbonyl (C=O) groups excluding carboxylic acids is 1. The van der Waals surface area contributed by atoms with Crippen LogP contribution in [0, 0.1) is 5.82 Å². The Hall–Kier alpha value is -1.62. The van der Waals surface area contributed by atoms with E-state index >= 15 is 0 Å². The molecule has 0 aliphatic carbocycles. The zero-order chi connectivity index (χ0) is 14.5. The first-order valence-electron chi connectivity index (χ1n) is 6.27. The Kier molecular flexibility index (Phi) is 5.30. The summed E-state index contributed by atoms with van der Waals surface area (Å²) in [6.07, 6.45) is 0.872. The van der Waals surface area contributed by atoms with E-state index in [1.54, 1.807) is 0 Å². The Balaban J connectivity index is 2.37. The van der Waals surface area contributed by atoms with Gasteiger partial charge in [-0.1, -0.05) is 0 Å². The number of nitrogens with one attached hydrogen (secondary N) is 1. The summed E-state index contributed by atoms with van der Waals surface area (Å²) in [5, 5.41) is 2.50. The number of halogens is 1. The highest BCUT2D eigenvalue weighted by Gasteiger charge is 2.11. The molecule has 1 rings (SSSR count). The minimum Gasteiger partial charge on any atom is -0.399 e. The number of anilines is 2. The van der Waals surface area contributed by atoms with Crippen LogP contribution in [0.15, 0.2) is 18.2 Å². The smallest absolute Gasteiger partial charge is 0.224 e. The normalized spacial score (nSPS) is 11.4. The molecule has 0 spiro atoms. The highest BCUT2D eigenvalue weighted by Crippen LogP contribution is 2.17. The largest absolute Gasteiger partial charge is 0.399 e. The quantitative estimate of drug-likeness (QED) is 0.637. The second-order valence-corrected chi connectivity index (χ2v) is 5.35. The monoisotopic (exact) mass is 268 g/mol. The summed E-state index contributed by atoms with van der Waals surface area (Å²) in [7, 11) is 0. The molecule has 0 atom stereocenters. The lowest BCUT2D eigenvalue weighted by Gasteiger charge is -2.19. The van der Waals surface area contributed by atoms with Crippen molar-refractivity contribution in [2.45, 2.75) is 39.2 Å². The van der Waals surface area contributed by atoms with Crippen LogP contribution >= 0.6 is 0 Å². The third kappa shape index (κ3) is 6.20. The van der Waals surface area contributed by atoms with E-state index in [2.05, 4.69) is 5.32 Å². The minimum absolute atomic E-state index is 0.113. The molecule has 0 aliphatic rings. The van der Waals surface area contributed by atoms with Crippen LogP contribution in [0.25, 0.3) is 0 Å². The number of rotatable bonds is 5. The van der Waals surface area contributed by atoms with E-state index < -0.39 is 5.82 Å². The number of carbonyl (C=O) groups is 1. The van der Waals surface area contributed by atoms with Crippen LogP contribution in [-0.2, 0) is 9.53 Å². The van der Waals surface area contributed by atoms with Gasteiger partial charge < -0.3 is 15.8 Å². The van der Waals surface area contributed by atoms with Crippen molar-refractivity contribution in [1.29, 1.82) is 0 Å². The molecule has 19 heavy (non-hydrogen) atoms. The minimum atomic E-state index is -0.492. The van der Waals surface area contributed by atoms with Gasteiger partial charge in [-0.2, -0.15) is 0 Å². The summed E-state index contributed by atoms with van der Waals surface area (Å²) in [6, 6.07) is 4.08. The Morgan fingerprint density at radius 3 is 2.74 bits per heavy atom. The molecule has 0 unspecified atom stereocenters. The summed E-state index contributed by atoms with van der Waals surface area (Å²) < 4.78 is 18.9. The third-order valence-corrected chi connectivity index (χ3v) is 2.35. The maximum absolute atomic E-state index is 13.4. The van der Waals surface area contributed by atoms with Crippen LogP contribution in [0.1, 0.15) is 33.6 Å². The van der Waals surface area contributed by atoms with E-state index in [9.17, 15) is 9.18 Å². The number of nitrogen functional groups attached to an aromatic ring is 1. The molecule has 5 heteroatoms. The number of amides is 1. The molecule has 1 aromatic carbocycles. The molecule has 0 heterocycles. The maximum atomic E-state index is 13.4. The highest BCUT2D eigenvalue weighted by molar-refractivity contribution is 5.91. The molecule has 0 aromatic heterocycles. The average molecular weight is 268 g/mol. The molecule has 0 bridgehead atoms. The fourth-order valence-electron chi connectivity index (χ4n) is 1.46. The molecular weight excluding hydrogens is 247 g/mol. The van der Waals surface area contributed by atoms with Crippen LogP contribution < -0.4 is 11.1 Å². The third-order valence-electron chi connectivity index (χ3n) is 2.35. The second-order valence-electron chi connectivity index (χ2n) is 5.35. The standard InChI is InChI=1S/C14H21FN2O2/c1-14(2,3)19-8-4-5-13(18)17-12-9-10(16)6-7-11(12)15/h6-7,9H,4-5,8,16H2,1-3H3,(H,17,18). The fourth-order valence-corrected chi connectivity index (χ4v) is 1.46. The van der Waals surface area contributed by atoms with Gasteiger partial charge in [-0.05, 0) is 45.4 Å². The molecule has 4 nitrogen and oxygen atoms in total. The van der Waals surface area contributed by atoms with Crippen LogP contribution in [0.4, 0.5) is 15.8 Å². The molecule has 106 valence electrons. The Bertz CT molecular complexity index is 442. The number of ether oxygens (including phenoxy) is 1. The summed E-state index contributed by atoms with van der Waals surface area (Å²) >= 11 is 0. The van der Waals surface area contributed by atoms with Crippen molar-refractivity contribution in [2.24, 2.45) is 0 Å². The van der Waals surface area contributed by atoms with Crippen LogP contribution in [0.2, 0.25) is 0 Å². The molecule has 1 aromatic rings. The molecule has 0 radical (unpaired) electrons. The van der Waals surface area contributed by atoms with Crippen molar-refractivity contribution in [1.82, 2.24) is 0 Å². The van der Waals surface area contributed by atoms with Gasteiger partial charge >= 0.3 is 0 Å². The van der Waals surface area contributed by atoms with Crippen LogP contribution in [-0.4, -0.2) is 18.1 Å². The van der Waals surface area contributed by atoms with Gasteiger partial charge in [0, 0.05) is 18.7 Å². The first kappa shape index (κ1) is 15.4. The molecule has 0 aliphatic heterocycles. The molecule has 3 N–H and O–H groups in total. The van der Waals surface area contributed by atoms with Crippen molar-refractivity contribution < 1.29 is 13.9 Å². The van der Waals surface area contributed by atoms with Crippen molar-refractivity contribution >= 4 is 17.3 Å². The number of hydrogen-bond donors (Lipinski definition) is 2. The SMILES string of the molecule is CC(C)(C)OCCCC(=O)Nc1cc(N)ccc1F. The van der Waals surface area contributed by atoms with Gasteiger partial charge in [-0.15, -0.1) is 0 Å². The van der Waals surface area contributed by atoms with Crippen molar-refractivity contribution in [3.63, 3.8) is 0 Å². The number of hydrogen-bond acceptors (Lipinski definition) is 3. The van der Waals surface area contributed by atoms with Gasteiger partial charge in [0.15, 0.2) is 0 Å². The lowest BCUT2D eigenvalue weighted by atomic mass is 10.2. The molecule has 0 saturated heterocycles. The topological polar surface area (TPSA) is 64.3 Å². The Labute approximate surface area is 113 Å². The van der Waals surface area contributed by atoms with Gasteiger partial charge in [0.05, 0.1) is 11.3 Å². The number of benzene rings is 1. The molecule has 0 fully saturated rings. The predicted octanol–water partition coefficient (Wildman–Crippen LogP) is 2.94. The zero-order valence-electron chi connectivity index (χ0n) is 11.6.